The molecule has 0 saturated carbocycles. The lowest BCUT2D eigenvalue weighted by Crippen LogP contribution is -2.36. The highest BCUT2D eigenvalue weighted by molar-refractivity contribution is 7.18. The number of nitrogens with two attached hydrogens (primary N) is 1. The minimum atomic E-state index is -5.92. The third-order valence-corrected chi connectivity index (χ3v) is 5.93. The van der Waals surface area contributed by atoms with Crippen LogP contribution in [-0.2, 0) is 10.7 Å². The minimum Gasteiger partial charge on any atom is -0.462 e. The third kappa shape index (κ3) is 4.80. The summed E-state index contributed by atoms with van der Waals surface area (Å²) in [6.45, 7) is 4.43. The third-order valence-electron chi connectivity index (χ3n) is 4.70. The Kier molecular flexibility index (Phi) is 6.83. The zero-order chi connectivity index (χ0) is 26.3. The van der Waals surface area contributed by atoms with Gasteiger partial charge in [-0.2, -0.15) is 27.1 Å². The number of alkyl halides is 5. The Morgan fingerprint density at radius 2 is 1.83 bits per heavy atom. The summed E-state index contributed by atoms with van der Waals surface area (Å²) in [5.74, 6) is -8.06. The molecule has 2 amide bonds. The lowest BCUT2D eigenvalue weighted by molar-refractivity contribution is -0.291. The number of thiophene rings is 1. The van der Waals surface area contributed by atoms with Crippen molar-refractivity contribution in [3.63, 3.8) is 0 Å². The smallest absolute Gasteiger partial charge is 0.459 e. The van der Waals surface area contributed by atoms with Crippen LogP contribution in [0.4, 0.5) is 27.0 Å². The number of primary amides is 1. The molecular formula is C20H18F5N5O4S. The van der Waals surface area contributed by atoms with E-state index in [1.165, 1.54) is 13.8 Å². The summed E-state index contributed by atoms with van der Waals surface area (Å²) in [4.78, 5) is 40.8. The van der Waals surface area contributed by atoms with Crippen molar-refractivity contribution >= 4 is 39.8 Å². The lowest BCUT2D eigenvalue weighted by Gasteiger charge is -2.20. The number of nitrogens with zero attached hydrogens (tertiary/aromatic N) is 3. The van der Waals surface area contributed by atoms with Crippen molar-refractivity contribution in [2.75, 3.05) is 11.9 Å². The van der Waals surface area contributed by atoms with E-state index in [1.54, 1.807) is 6.92 Å². The second-order valence-corrected chi connectivity index (χ2v) is 8.39. The molecule has 0 saturated heterocycles. The quantitative estimate of drug-likeness (QED) is 0.359. The maximum Gasteiger partial charge on any atom is 0.459 e. The normalized spacial score (nSPS) is 12.1. The zero-order valence-electron chi connectivity index (χ0n) is 18.4. The molecule has 15 heteroatoms. The summed E-state index contributed by atoms with van der Waals surface area (Å²) >= 11 is 0.673. The molecule has 0 spiro atoms. The van der Waals surface area contributed by atoms with Crippen molar-refractivity contribution < 1.29 is 41.1 Å². The van der Waals surface area contributed by atoms with Gasteiger partial charge < -0.3 is 15.8 Å². The van der Waals surface area contributed by atoms with Crippen molar-refractivity contribution in [2.45, 2.75) is 39.3 Å². The lowest BCUT2D eigenvalue weighted by atomic mass is 10.1. The van der Waals surface area contributed by atoms with Crippen molar-refractivity contribution in [3.05, 3.63) is 45.2 Å². The number of nitrogens with one attached hydrogen (secondary N) is 1. The predicted molar refractivity (Wildman–Crippen MR) is 114 cm³/mol. The van der Waals surface area contributed by atoms with Gasteiger partial charge in [-0.15, -0.1) is 11.3 Å². The molecular weight excluding hydrogens is 501 g/mol. The SMILES string of the molecule is CCCOC(=O)c1c(NC(=O)c2cc3nc(C)cc(C(F)(F)C(F)(F)F)n3n2)sc(C(N)=O)c1C. The molecule has 0 aromatic carbocycles. The Bertz CT molecular complexity index is 1330. The van der Waals surface area contributed by atoms with Gasteiger partial charge in [0.15, 0.2) is 11.3 Å². The van der Waals surface area contributed by atoms with Gasteiger partial charge in [-0.3, -0.25) is 9.59 Å². The molecule has 0 aliphatic rings. The predicted octanol–water partition coefficient (Wildman–Crippen LogP) is 3.98. The highest BCUT2D eigenvalue weighted by atomic mass is 32.1. The molecule has 0 aliphatic heterocycles. The molecule has 3 rings (SSSR count). The monoisotopic (exact) mass is 519 g/mol. The van der Waals surface area contributed by atoms with Crippen LogP contribution in [-0.4, -0.2) is 45.2 Å². The van der Waals surface area contributed by atoms with Crippen LogP contribution in [0, 0.1) is 13.8 Å². The average molecular weight is 519 g/mol. The van der Waals surface area contributed by atoms with Gasteiger partial charge in [0, 0.05) is 11.8 Å². The molecule has 0 atom stereocenters. The number of esters is 1. The number of carbonyl (C=O) groups excluding carboxylic acids is 3. The molecule has 0 fully saturated rings. The van der Waals surface area contributed by atoms with Crippen molar-refractivity contribution in [1.82, 2.24) is 14.6 Å². The molecule has 3 aromatic heterocycles. The number of ether oxygens (including phenoxy) is 1. The van der Waals surface area contributed by atoms with E-state index in [1.807, 2.05) is 0 Å². The van der Waals surface area contributed by atoms with E-state index >= 15 is 0 Å². The van der Waals surface area contributed by atoms with E-state index in [0.29, 0.717) is 23.8 Å². The topological polar surface area (TPSA) is 129 Å². The van der Waals surface area contributed by atoms with Gasteiger partial charge in [-0.25, -0.2) is 14.3 Å². The molecule has 35 heavy (non-hydrogen) atoms. The Balaban J connectivity index is 2.05. The highest BCUT2D eigenvalue weighted by Crippen LogP contribution is 2.44. The van der Waals surface area contributed by atoms with Gasteiger partial charge in [-0.1, -0.05) is 6.92 Å². The summed E-state index contributed by atoms with van der Waals surface area (Å²) < 4.78 is 72.4. The zero-order valence-corrected chi connectivity index (χ0v) is 19.2. The second kappa shape index (κ2) is 9.20. The number of aromatic nitrogens is 3. The van der Waals surface area contributed by atoms with E-state index in [9.17, 15) is 36.3 Å². The van der Waals surface area contributed by atoms with E-state index < -0.39 is 46.9 Å². The molecule has 188 valence electrons. The van der Waals surface area contributed by atoms with Crippen LogP contribution < -0.4 is 11.1 Å². The summed E-state index contributed by atoms with van der Waals surface area (Å²) in [5.41, 5.74) is 2.63. The first-order chi connectivity index (χ1) is 16.2. The van der Waals surface area contributed by atoms with Crippen LogP contribution >= 0.6 is 11.3 Å². The number of hydrogen-bond acceptors (Lipinski definition) is 7. The van der Waals surface area contributed by atoms with Gasteiger partial charge in [0.2, 0.25) is 0 Å². The summed E-state index contributed by atoms with van der Waals surface area (Å²) in [6.07, 6.45) is -5.42. The number of anilines is 1. The number of halogens is 5. The number of hydrogen-bond donors (Lipinski definition) is 2. The largest absolute Gasteiger partial charge is 0.462 e. The Hall–Kier alpha value is -3.62. The van der Waals surface area contributed by atoms with Gasteiger partial charge in [0.1, 0.15) is 10.7 Å². The Labute approximate surface area is 198 Å². The Morgan fingerprint density at radius 3 is 2.40 bits per heavy atom. The fourth-order valence-corrected chi connectivity index (χ4v) is 4.14. The standard InChI is InChI=1S/C20H18F5N5O4S/c1-4-5-34-18(33)13-9(3)14(15(26)31)35-17(13)28-16(32)10-7-12-27-8(2)6-11(30(12)29-10)19(21,22)20(23,24)25/h6-7H,4-5H2,1-3H3,(H2,26,31)(H,28,32). The number of carbonyl (C=O) groups is 3. The summed E-state index contributed by atoms with van der Waals surface area (Å²) in [5, 5.41) is 5.76. The van der Waals surface area contributed by atoms with Crippen LogP contribution in [0.1, 0.15) is 60.8 Å². The first kappa shape index (κ1) is 26.0. The van der Waals surface area contributed by atoms with E-state index in [0.717, 1.165) is 6.07 Å². The molecule has 3 N–H and O–H groups in total. The van der Waals surface area contributed by atoms with Crippen molar-refractivity contribution in [3.8, 4) is 0 Å². The van der Waals surface area contributed by atoms with Gasteiger partial charge in [-0.05, 0) is 31.9 Å². The highest BCUT2D eigenvalue weighted by Gasteiger charge is 2.60. The van der Waals surface area contributed by atoms with Gasteiger partial charge in [0.25, 0.3) is 11.8 Å². The Morgan fingerprint density at radius 1 is 1.17 bits per heavy atom. The fraction of sp³-hybridized carbons (Fsp3) is 0.350. The molecule has 9 nitrogen and oxygen atoms in total. The van der Waals surface area contributed by atoms with Crippen molar-refractivity contribution in [2.24, 2.45) is 5.73 Å². The van der Waals surface area contributed by atoms with Gasteiger partial charge in [0.05, 0.1) is 17.0 Å². The molecule has 0 aliphatic carbocycles. The number of aryl methyl sites for hydroxylation is 1. The maximum absolute atomic E-state index is 14.1. The average Bonchev–Trinajstić information content (AvgIpc) is 3.31. The van der Waals surface area contributed by atoms with Crippen LogP contribution in [0.25, 0.3) is 5.65 Å². The first-order valence-corrected chi connectivity index (χ1v) is 10.7. The maximum atomic E-state index is 14.1. The molecule has 0 radical (unpaired) electrons. The number of fused-ring (bicyclic) bond motifs is 1. The molecule has 0 bridgehead atoms. The fourth-order valence-electron chi connectivity index (χ4n) is 3.10. The summed E-state index contributed by atoms with van der Waals surface area (Å²) in [6, 6.07) is 1.42. The number of amides is 2. The molecule has 0 unspecified atom stereocenters. The second-order valence-electron chi connectivity index (χ2n) is 7.37. The number of rotatable bonds is 7. The van der Waals surface area contributed by atoms with Crippen LogP contribution in [0.15, 0.2) is 12.1 Å². The first-order valence-electron chi connectivity index (χ1n) is 9.93. The van der Waals surface area contributed by atoms with E-state index in [2.05, 4.69) is 15.4 Å². The van der Waals surface area contributed by atoms with E-state index in [4.69, 9.17) is 10.5 Å². The molecule has 3 aromatic rings. The molecule has 3 heterocycles. The van der Waals surface area contributed by atoms with Crippen LogP contribution in [0.2, 0.25) is 0 Å². The summed E-state index contributed by atoms with van der Waals surface area (Å²) in [7, 11) is 0. The van der Waals surface area contributed by atoms with Crippen molar-refractivity contribution in [1.29, 1.82) is 0 Å². The van der Waals surface area contributed by atoms with Gasteiger partial charge >= 0.3 is 18.1 Å². The minimum absolute atomic E-state index is 0.0388. The van der Waals surface area contributed by atoms with Crippen LogP contribution in [0.3, 0.4) is 0 Å². The van der Waals surface area contributed by atoms with Crippen LogP contribution in [0.5, 0.6) is 0 Å². The van der Waals surface area contributed by atoms with E-state index in [-0.39, 0.29) is 37.8 Å².